The second-order valence-electron chi connectivity index (χ2n) is 2.54. The number of hydrogen-bond donors (Lipinski definition) is 1. The maximum atomic E-state index is 9.19. The molecule has 0 amide bonds. The molecule has 0 radical (unpaired) electrons. The van der Waals surface area contributed by atoms with Crippen molar-refractivity contribution in [3.8, 4) is 16.2 Å². The zero-order valence-corrected chi connectivity index (χ0v) is 8.14. The van der Waals surface area contributed by atoms with Crippen molar-refractivity contribution in [2.75, 3.05) is 0 Å². The predicted octanol–water partition coefficient (Wildman–Crippen LogP) is 3.17. The van der Waals surface area contributed by atoms with Crippen molar-refractivity contribution in [3.63, 3.8) is 0 Å². The standard InChI is InChI=1S/C9H6ClNOS/c10-9-2-1-8(13-9)6-3-7(12)5-11-4-6/h1-5,12H. The number of pyridine rings is 1. The zero-order chi connectivity index (χ0) is 9.26. The van der Waals surface area contributed by atoms with E-state index in [1.165, 1.54) is 17.5 Å². The molecule has 0 aliphatic carbocycles. The molecule has 4 heteroatoms. The van der Waals surface area contributed by atoms with E-state index >= 15 is 0 Å². The largest absolute Gasteiger partial charge is 0.506 e. The van der Waals surface area contributed by atoms with Gasteiger partial charge in [0.05, 0.1) is 10.5 Å². The SMILES string of the molecule is Oc1cncc(-c2ccc(Cl)s2)c1. The molecule has 13 heavy (non-hydrogen) atoms. The van der Waals surface area contributed by atoms with E-state index in [-0.39, 0.29) is 5.75 Å². The van der Waals surface area contributed by atoms with Crippen LogP contribution < -0.4 is 0 Å². The van der Waals surface area contributed by atoms with Gasteiger partial charge in [0.25, 0.3) is 0 Å². The lowest BCUT2D eigenvalue weighted by molar-refractivity contribution is 0.473. The lowest BCUT2D eigenvalue weighted by Crippen LogP contribution is -1.74. The molecule has 0 saturated carbocycles. The van der Waals surface area contributed by atoms with E-state index in [4.69, 9.17) is 11.6 Å². The van der Waals surface area contributed by atoms with Crippen molar-refractivity contribution in [2.45, 2.75) is 0 Å². The zero-order valence-electron chi connectivity index (χ0n) is 6.57. The molecule has 0 saturated heterocycles. The Morgan fingerprint density at radius 1 is 1.31 bits per heavy atom. The summed E-state index contributed by atoms with van der Waals surface area (Å²) in [6, 6.07) is 5.39. The quantitative estimate of drug-likeness (QED) is 0.786. The molecule has 0 atom stereocenters. The molecule has 1 N–H and O–H groups in total. The summed E-state index contributed by atoms with van der Waals surface area (Å²) in [7, 11) is 0. The Hall–Kier alpha value is -1.06. The summed E-state index contributed by atoms with van der Waals surface area (Å²) >= 11 is 7.25. The molecule has 2 heterocycles. The number of rotatable bonds is 1. The second kappa shape index (κ2) is 3.36. The summed E-state index contributed by atoms with van der Waals surface area (Å²) < 4.78 is 0.735. The number of halogens is 1. The van der Waals surface area contributed by atoms with Gasteiger partial charge in [-0.1, -0.05) is 11.6 Å². The van der Waals surface area contributed by atoms with Crippen LogP contribution in [0.25, 0.3) is 10.4 Å². The summed E-state index contributed by atoms with van der Waals surface area (Å²) in [4.78, 5) is 4.89. The summed E-state index contributed by atoms with van der Waals surface area (Å²) in [6.07, 6.45) is 3.10. The summed E-state index contributed by atoms with van der Waals surface area (Å²) in [5, 5.41) is 9.19. The van der Waals surface area contributed by atoms with Gasteiger partial charge in [-0.05, 0) is 18.2 Å². The van der Waals surface area contributed by atoms with Crippen molar-refractivity contribution in [1.29, 1.82) is 0 Å². The molecule has 0 aliphatic rings. The smallest absolute Gasteiger partial charge is 0.134 e. The number of nitrogens with zero attached hydrogens (tertiary/aromatic N) is 1. The van der Waals surface area contributed by atoms with Crippen LogP contribution in [0.5, 0.6) is 5.75 Å². The van der Waals surface area contributed by atoms with Crippen LogP contribution in [0.3, 0.4) is 0 Å². The van der Waals surface area contributed by atoms with Crippen molar-refractivity contribution >= 4 is 22.9 Å². The van der Waals surface area contributed by atoms with Crippen molar-refractivity contribution < 1.29 is 5.11 Å². The minimum absolute atomic E-state index is 0.169. The fraction of sp³-hybridized carbons (Fsp3) is 0. The Morgan fingerprint density at radius 2 is 2.15 bits per heavy atom. The van der Waals surface area contributed by atoms with Crippen LogP contribution in [-0.2, 0) is 0 Å². The topological polar surface area (TPSA) is 33.1 Å². The van der Waals surface area contributed by atoms with Crippen LogP contribution in [-0.4, -0.2) is 10.1 Å². The molecule has 2 nitrogen and oxygen atoms in total. The molecule has 0 bridgehead atoms. The Morgan fingerprint density at radius 3 is 2.77 bits per heavy atom. The molecule has 2 aromatic heterocycles. The Kier molecular flexibility index (Phi) is 2.20. The first-order valence-corrected chi connectivity index (χ1v) is 4.85. The highest BCUT2D eigenvalue weighted by atomic mass is 35.5. The third-order valence-corrected chi connectivity index (χ3v) is 2.86. The van der Waals surface area contributed by atoms with E-state index in [1.807, 2.05) is 12.1 Å². The van der Waals surface area contributed by atoms with Crippen LogP contribution in [0.4, 0.5) is 0 Å². The van der Waals surface area contributed by atoms with Crippen LogP contribution >= 0.6 is 22.9 Å². The first-order chi connectivity index (χ1) is 6.25. The maximum Gasteiger partial charge on any atom is 0.134 e. The van der Waals surface area contributed by atoms with Crippen molar-refractivity contribution in [1.82, 2.24) is 4.98 Å². The summed E-state index contributed by atoms with van der Waals surface area (Å²) in [6.45, 7) is 0. The Balaban J connectivity index is 2.46. The Bertz CT molecular complexity index is 427. The van der Waals surface area contributed by atoms with Gasteiger partial charge in [-0.25, -0.2) is 0 Å². The average Bonchev–Trinajstić information content (AvgIpc) is 2.52. The van der Waals surface area contributed by atoms with Gasteiger partial charge in [0.1, 0.15) is 5.75 Å². The Labute approximate surface area is 84.4 Å². The van der Waals surface area contributed by atoms with E-state index in [2.05, 4.69) is 4.98 Å². The van der Waals surface area contributed by atoms with Gasteiger partial charge in [0, 0.05) is 16.6 Å². The van der Waals surface area contributed by atoms with Gasteiger partial charge in [0.15, 0.2) is 0 Å². The van der Waals surface area contributed by atoms with Gasteiger partial charge < -0.3 is 5.11 Å². The van der Waals surface area contributed by atoms with Crippen molar-refractivity contribution in [2.24, 2.45) is 0 Å². The van der Waals surface area contributed by atoms with Gasteiger partial charge in [-0.3, -0.25) is 4.98 Å². The number of aromatic nitrogens is 1. The van der Waals surface area contributed by atoms with Gasteiger partial charge in [-0.2, -0.15) is 0 Å². The second-order valence-corrected chi connectivity index (χ2v) is 4.25. The van der Waals surface area contributed by atoms with E-state index in [0.29, 0.717) is 0 Å². The van der Waals surface area contributed by atoms with E-state index < -0.39 is 0 Å². The summed E-state index contributed by atoms with van der Waals surface area (Å²) in [5.74, 6) is 0.169. The van der Waals surface area contributed by atoms with Crippen molar-refractivity contribution in [3.05, 3.63) is 34.9 Å². The minimum atomic E-state index is 0.169. The fourth-order valence-corrected chi connectivity index (χ4v) is 2.06. The van der Waals surface area contributed by atoms with Gasteiger partial charge in [-0.15, -0.1) is 11.3 Å². The molecule has 2 rings (SSSR count). The lowest BCUT2D eigenvalue weighted by Gasteiger charge is -1.96. The monoisotopic (exact) mass is 211 g/mol. The first kappa shape index (κ1) is 8.53. The highest BCUT2D eigenvalue weighted by Crippen LogP contribution is 2.31. The molecular formula is C9H6ClNOS. The highest BCUT2D eigenvalue weighted by Gasteiger charge is 2.02. The van der Waals surface area contributed by atoms with Crippen LogP contribution in [0.15, 0.2) is 30.6 Å². The molecule has 0 spiro atoms. The number of thiophene rings is 1. The number of aromatic hydroxyl groups is 1. The van der Waals surface area contributed by atoms with E-state index in [1.54, 1.807) is 12.3 Å². The maximum absolute atomic E-state index is 9.19. The van der Waals surface area contributed by atoms with E-state index in [9.17, 15) is 5.11 Å². The predicted molar refractivity (Wildman–Crippen MR) is 54.2 cm³/mol. The molecule has 66 valence electrons. The lowest BCUT2D eigenvalue weighted by atomic mass is 10.2. The highest BCUT2D eigenvalue weighted by molar-refractivity contribution is 7.19. The molecule has 0 aromatic carbocycles. The first-order valence-electron chi connectivity index (χ1n) is 3.65. The van der Waals surface area contributed by atoms with Crippen LogP contribution in [0.1, 0.15) is 0 Å². The third-order valence-electron chi connectivity index (χ3n) is 1.58. The van der Waals surface area contributed by atoms with Gasteiger partial charge in [0.2, 0.25) is 0 Å². The molecule has 0 fully saturated rings. The molecular weight excluding hydrogens is 206 g/mol. The molecule has 0 aliphatic heterocycles. The molecule has 0 unspecified atom stereocenters. The van der Waals surface area contributed by atoms with Crippen LogP contribution in [0.2, 0.25) is 4.34 Å². The number of hydrogen-bond acceptors (Lipinski definition) is 3. The fourth-order valence-electron chi connectivity index (χ4n) is 1.03. The molecule has 2 aromatic rings. The van der Waals surface area contributed by atoms with Gasteiger partial charge >= 0.3 is 0 Å². The minimum Gasteiger partial charge on any atom is -0.506 e. The average molecular weight is 212 g/mol. The third kappa shape index (κ3) is 1.82. The summed E-state index contributed by atoms with van der Waals surface area (Å²) in [5.41, 5.74) is 0.886. The van der Waals surface area contributed by atoms with E-state index in [0.717, 1.165) is 14.8 Å². The van der Waals surface area contributed by atoms with Crippen LogP contribution in [0, 0.1) is 0 Å². The normalized spacial score (nSPS) is 10.2.